The Bertz CT molecular complexity index is 617. The quantitative estimate of drug-likeness (QED) is 0.757. The molecule has 1 aromatic heterocycles. The number of aryl methyl sites for hydroxylation is 2. The molecule has 1 N–H and O–H groups in total. The second-order valence-electron chi connectivity index (χ2n) is 4.28. The van der Waals surface area contributed by atoms with Crippen LogP contribution in [0, 0.1) is 0 Å². The first-order valence-electron chi connectivity index (χ1n) is 6.02. The average Bonchev–Trinajstić information content (AvgIpc) is 2.64. The molecule has 0 bridgehead atoms. The predicted octanol–water partition coefficient (Wildman–Crippen LogP) is 5.32. The summed E-state index contributed by atoms with van der Waals surface area (Å²) in [6.45, 7) is 2.53. The lowest BCUT2D eigenvalue weighted by Crippen LogP contribution is -2.06. The van der Waals surface area contributed by atoms with Crippen LogP contribution in [-0.4, -0.2) is 9.78 Å². The van der Waals surface area contributed by atoms with E-state index in [9.17, 15) is 0 Å². The average molecular weight is 398 g/mol. The normalized spacial score (nSPS) is 10.9. The van der Waals surface area contributed by atoms with Crippen molar-refractivity contribution in [2.75, 3.05) is 5.32 Å². The number of halogens is 4. The van der Waals surface area contributed by atoms with Crippen LogP contribution in [0.4, 0.5) is 5.69 Å². The summed E-state index contributed by atoms with van der Waals surface area (Å²) in [5, 5.41) is 9.38. The summed E-state index contributed by atoms with van der Waals surface area (Å²) in [5.74, 6) is 0. The summed E-state index contributed by atoms with van der Waals surface area (Å²) >= 11 is 22.0. The van der Waals surface area contributed by atoms with Gasteiger partial charge in [-0.2, -0.15) is 5.10 Å². The fourth-order valence-electron chi connectivity index (χ4n) is 1.90. The number of hydrogen-bond donors (Lipinski definition) is 1. The third-order valence-corrected chi connectivity index (χ3v) is 4.43. The first-order chi connectivity index (χ1) is 9.43. The van der Waals surface area contributed by atoms with Gasteiger partial charge in [-0.25, -0.2) is 0 Å². The maximum atomic E-state index is 6.30. The van der Waals surface area contributed by atoms with E-state index in [0.29, 0.717) is 27.3 Å². The van der Waals surface area contributed by atoms with Gasteiger partial charge in [0, 0.05) is 11.5 Å². The Balaban J connectivity index is 2.24. The van der Waals surface area contributed by atoms with E-state index in [0.717, 1.165) is 22.3 Å². The lowest BCUT2D eigenvalue weighted by Gasteiger charge is -2.11. The lowest BCUT2D eigenvalue weighted by atomic mass is 10.2. The third-order valence-electron chi connectivity index (χ3n) is 2.94. The summed E-state index contributed by atoms with van der Waals surface area (Å²) in [4.78, 5) is 0. The van der Waals surface area contributed by atoms with Gasteiger partial charge >= 0.3 is 0 Å². The summed E-state index contributed by atoms with van der Waals surface area (Å²) in [6.07, 6.45) is 0.798. The summed E-state index contributed by atoms with van der Waals surface area (Å²) < 4.78 is 2.61. The lowest BCUT2D eigenvalue weighted by molar-refractivity contribution is 0.707. The van der Waals surface area contributed by atoms with Crippen LogP contribution >= 0.6 is 50.7 Å². The van der Waals surface area contributed by atoms with Crippen LogP contribution in [0.3, 0.4) is 0 Å². The van der Waals surface area contributed by atoms with Crippen molar-refractivity contribution in [2.45, 2.75) is 19.9 Å². The first kappa shape index (κ1) is 16.0. The Morgan fingerprint density at radius 2 is 1.85 bits per heavy atom. The van der Waals surface area contributed by atoms with Crippen LogP contribution in [0.25, 0.3) is 0 Å². The molecule has 0 saturated carbocycles. The topological polar surface area (TPSA) is 29.9 Å². The minimum atomic E-state index is 0.503. The van der Waals surface area contributed by atoms with Crippen LogP contribution in [0.1, 0.15) is 18.3 Å². The summed E-state index contributed by atoms with van der Waals surface area (Å²) in [6, 6.07) is 3.58. The van der Waals surface area contributed by atoms with Crippen molar-refractivity contribution in [1.82, 2.24) is 9.78 Å². The Labute approximate surface area is 141 Å². The molecule has 0 atom stereocenters. The Kier molecular flexibility index (Phi) is 5.24. The van der Waals surface area contributed by atoms with Gasteiger partial charge in [-0.3, -0.25) is 4.68 Å². The van der Waals surface area contributed by atoms with Gasteiger partial charge in [0.15, 0.2) is 0 Å². The van der Waals surface area contributed by atoms with Crippen LogP contribution in [-0.2, 0) is 20.0 Å². The van der Waals surface area contributed by atoms with E-state index in [2.05, 4.69) is 26.3 Å². The minimum Gasteiger partial charge on any atom is -0.377 e. The minimum absolute atomic E-state index is 0.503. The van der Waals surface area contributed by atoms with E-state index in [1.54, 1.807) is 16.8 Å². The van der Waals surface area contributed by atoms with E-state index in [1.807, 2.05) is 14.0 Å². The summed E-state index contributed by atoms with van der Waals surface area (Å²) in [5.41, 5.74) is 2.48. The van der Waals surface area contributed by atoms with Crippen LogP contribution in [0.15, 0.2) is 16.6 Å². The van der Waals surface area contributed by atoms with Crippen molar-refractivity contribution >= 4 is 56.4 Å². The maximum Gasteiger partial charge on any atom is 0.0868 e. The van der Waals surface area contributed by atoms with E-state index in [-0.39, 0.29) is 0 Å². The highest BCUT2D eigenvalue weighted by Gasteiger charge is 2.14. The molecule has 0 aliphatic carbocycles. The molecule has 20 heavy (non-hydrogen) atoms. The van der Waals surface area contributed by atoms with Gasteiger partial charge in [-0.05, 0) is 18.6 Å². The molecule has 0 fully saturated rings. The number of hydrogen-bond acceptors (Lipinski definition) is 2. The number of nitrogens with zero attached hydrogens (tertiary/aromatic N) is 2. The number of anilines is 1. The standard InChI is InChI=1S/C13H13BrCl3N3/c1-3-10-12(17)11(20(2)19-10)6-18-13-8(15)4-7(14)5-9(13)16/h4-5,18H,3,6H2,1-2H3. The molecule has 0 unspecified atom stereocenters. The zero-order valence-electron chi connectivity index (χ0n) is 11.0. The van der Waals surface area contributed by atoms with Gasteiger partial charge < -0.3 is 5.32 Å². The third kappa shape index (κ3) is 3.25. The molecule has 1 heterocycles. The number of benzene rings is 1. The number of nitrogens with one attached hydrogen (secondary N) is 1. The monoisotopic (exact) mass is 395 g/mol. The molecule has 7 heteroatoms. The molecule has 0 amide bonds. The van der Waals surface area contributed by atoms with Crippen molar-refractivity contribution in [3.8, 4) is 0 Å². The van der Waals surface area contributed by atoms with Crippen molar-refractivity contribution in [3.63, 3.8) is 0 Å². The molecule has 0 saturated heterocycles. The predicted molar refractivity (Wildman–Crippen MR) is 89.1 cm³/mol. The van der Waals surface area contributed by atoms with Gasteiger partial charge in [0.1, 0.15) is 0 Å². The van der Waals surface area contributed by atoms with Gasteiger partial charge in [-0.1, -0.05) is 57.7 Å². The van der Waals surface area contributed by atoms with Crippen molar-refractivity contribution in [1.29, 1.82) is 0 Å². The van der Waals surface area contributed by atoms with E-state index in [4.69, 9.17) is 34.8 Å². The van der Waals surface area contributed by atoms with Crippen molar-refractivity contribution in [2.24, 2.45) is 7.05 Å². The van der Waals surface area contributed by atoms with E-state index in [1.165, 1.54) is 0 Å². The highest BCUT2D eigenvalue weighted by Crippen LogP contribution is 2.34. The van der Waals surface area contributed by atoms with Crippen LogP contribution < -0.4 is 5.32 Å². The zero-order chi connectivity index (χ0) is 14.9. The Hall–Kier alpha value is -0.420. The maximum absolute atomic E-state index is 6.30. The number of rotatable bonds is 4. The van der Waals surface area contributed by atoms with E-state index >= 15 is 0 Å². The highest BCUT2D eigenvalue weighted by atomic mass is 79.9. The van der Waals surface area contributed by atoms with Gasteiger partial charge in [0.25, 0.3) is 0 Å². The second-order valence-corrected chi connectivity index (χ2v) is 6.39. The molecule has 0 aliphatic heterocycles. The van der Waals surface area contributed by atoms with Crippen molar-refractivity contribution in [3.05, 3.63) is 43.1 Å². The molecule has 2 aromatic rings. The molecular formula is C13H13BrCl3N3. The van der Waals surface area contributed by atoms with Gasteiger partial charge in [0.2, 0.25) is 0 Å². The SMILES string of the molecule is CCc1nn(C)c(CNc2c(Cl)cc(Br)cc2Cl)c1Cl. The van der Waals surface area contributed by atoms with E-state index < -0.39 is 0 Å². The second kappa shape index (κ2) is 6.56. The molecule has 0 radical (unpaired) electrons. The molecule has 0 aliphatic rings. The molecule has 2 rings (SSSR count). The van der Waals surface area contributed by atoms with Crippen molar-refractivity contribution < 1.29 is 0 Å². The largest absolute Gasteiger partial charge is 0.377 e. The van der Waals surface area contributed by atoms with Gasteiger partial charge in [0.05, 0.1) is 38.7 Å². The zero-order valence-corrected chi connectivity index (χ0v) is 14.8. The molecule has 3 nitrogen and oxygen atoms in total. The Morgan fingerprint density at radius 1 is 1.25 bits per heavy atom. The molecular weight excluding hydrogens is 384 g/mol. The first-order valence-corrected chi connectivity index (χ1v) is 7.95. The fraction of sp³-hybridized carbons (Fsp3) is 0.308. The highest BCUT2D eigenvalue weighted by molar-refractivity contribution is 9.10. The smallest absolute Gasteiger partial charge is 0.0868 e. The van der Waals surface area contributed by atoms with Gasteiger partial charge in [-0.15, -0.1) is 0 Å². The van der Waals surface area contributed by atoms with Crippen LogP contribution in [0.5, 0.6) is 0 Å². The van der Waals surface area contributed by atoms with Crippen LogP contribution in [0.2, 0.25) is 15.1 Å². The molecule has 0 spiro atoms. The summed E-state index contributed by atoms with van der Waals surface area (Å²) in [7, 11) is 1.87. The fourth-order valence-corrected chi connectivity index (χ4v) is 3.60. The molecule has 108 valence electrons. The molecule has 1 aromatic carbocycles. The number of aromatic nitrogens is 2. The Morgan fingerprint density at radius 3 is 2.35 bits per heavy atom.